The van der Waals surface area contributed by atoms with Crippen LogP contribution in [0.25, 0.3) is 0 Å². The third-order valence-electron chi connectivity index (χ3n) is 3.77. The molecule has 7 nitrogen and oxygen atoms in total. The Bertz CT molecular complexity index is 745. The number of nitrogens with zero attached hydrogens (tertiary/aromatic N) is 1. The van der Waals surface area contributed by atoms with E-state index in [9.17, 15) is 18.0 Å². The summed E-state index contributed by atoms with van der Waals surface area (Å²) in [5, 5.41) is 2.66. The van der Waals surface area contributed by atoms with Crippen molar-refractivity contribution in [1.82, 2.24) is 5.32 Å². The highest BCUT2D eigenvalue weighted by Crippen LogP contribution is 2.30. The summed E-state index contributed by atoms with van der Waals surface area (Å²) in [6.07, 6.45) is 1.61. The lowest BCUT2D eigenvalue weighted by atomic mass is 10.1. The van der Waals surface area contributed by atoms with Crippen molar-refractivity contribution in [3.63, 3.8) is 0 Å². The van der Waals surface area contributed by atoms with Gasteiger partial charge in [0, 0.05) is 13.1 Å². The van der Waals surface area contributed by atoms with E-state index in [0.717, 1.165) is 18.2 Å². The number of sulfonamides is 1. The molecule has 0 radical (unpaired) electrons. The van der Waals surface area contributed by atoms with Gasteiger partial charge in [0.05, 0.1) is 17.5 Å². The lowest BCUT2D eigenvalue weighted by Gasteiger charge is -2.17. The van der Waals surface area contributed by atoms with Crippen LogP contribution in [0.15, 0.2) is 18.2 Å². The standard InChI is InChI=1S/C16H22N2O5S/c1-4-8-17-15(19)11(2)23-16(20)13-5-6-14-12(10-13)7-9-18(14)24(3,21)22/h5-6,10-11H,4,7-9H2,1-3H3,(H,17,19). The van der Waals surface area contributed by atoms with Crippen molar-refractivity contribution in [2.24, 2.45) is 0 Å². The largest absolute Gasteiger partial charge is 0.449 e. The summed E-state index contributed by atoms with van der Waals surface area (Å²) in [6, 6.07) is 4.74. The van der Waals surface area contributed by atoms with E-state index in [4.69, 9.17) is 4.74 Å². The molecule has 1 aliphatic heterocycles. The summed E-state index contributed by atoms with van der Waals surface area (Å²) < 4.78 is 29.9. The van der Waals surface area contributed by atoms with E-state index in [-0.39, 0.29) is 5.91 Å². The summed E-state index contributed by atoms with van der Waals surface area (Å²) in [5.41, 5.74) is 1.67. The van der Waals surface area contributed by atoms with Crippen molar-refractivity contribution < 1.29 is 22.7 Å². The topological polar surface area (TPSA) is 92.8 Å². The van der Waals surface area contributed by atoms with Crippen LogP contribution >= 0.6 is 0 Å². The van der Waals surface area contributed by atoms with Gasteiger partial charge in [-0.2, -0.15) is 0 Å². The zero-order valence-corrected chi connectivity index (χ0v) is 14.9. The van der Waals surface area contributed by atoms with Crippen LogP contribution in [0.1, 0.15) is 36.2 Å². The highest BCUT2D eigenvalue weighted by atomic mass is 32.2. The molecule has 1 atom stereocenters. The van der Waals surface area contributed by atoms with Gasteiger partial charge in [-0.05, 0) is 43.5 Å². The Kier molecular flexibility index (Phi) is 5.48. The SMILES string of the molecule is CCCNC(=O)C(C)OC(=O)c1ccc2c(c1)CCN2S(C)(=O)=O. The molecular formula is C16H22N2O5S. The summed E-state index contributed by atoms with van der Waals surface area (Å²) in [6.45, 7) is 4.34. The van der Waals surface area contributed by atoms with Crippen LogP contribution < -0.4 is 9.62 Å². The second kappa shape index (κ2) is 7.21. The molecule has 1 N–H and O–H groups in total. The number of nitrogens with one attached hydrogen (secondary N) is 1. The molecule has 1 aliphatic rings. The number of benzene rings is 1. The van der Waals surface area contributed by atoms with Crippen molar-refractivity contribution in [3.8, 4) is 0 Å². The minimum Gasteiger partial charge on any atom is -0.449 e. The average Bonchev–Trinajstić information content (AvgIpc) is 2.95. The first-order chi connectivity index (χ1) is 11.2. The van der Waals surface area contributed by atoms with Gasteiger partial charge in [0.2, 0.25) is 10.0 Å². The van der Waals surface area contributed by atoms with Crippen LogP contribution in [0.5, 0.6) is 0 Å². The third kappa shape index (κ3) is 4.05. The molecule has 0 aromatic heterocycles. The van der Waals surface area contributed by atoms with Gasteiger partial charge in [-0.1, -0.05) is 6.92 Å². The van der Waals surface area contributed by atoms with E-state index in [2.05, 4.69) is 5.32 Å². The molecule has 24 heavy (non-hydrogen) atoms. The second-order valence-corrected chi connectivity index (χ2v) is 7.67. The smallest absolute Gasteiger partial charge is 0.338 e. The minimum atomic E-state index is -3.32. The molecule has 0 aliphatic carbocycles. The number of ether oxygens (including phenoxy) is 1. The van der Waals surface area contributed by atoms with Crippen molar-refractivity contribution in [3.05, 3.63) is 29.3 Å². The zero-order chi connectivity index (χ0) is 17.9. The molecule has 1 aromatic rings. The maximum absolute atomic E-state index is 12.2. The van der Waals surface area contributed by atoms with E-state index in [1.807, 2.05) is 6.92 Å². The van der Waals surface area contributed by atoms with Gasteiger partial charge in [0.15, 0.2) is 6.10 Å². The number of rotatable bonds is 6. The fraction of sp³-hybridized carbons (Fsp3) is 0.500. The van der Waals surface area contributed by atoms with Gasteiger partial charge >= 0.3 is 5.97 Å². The number of hydrogen-bond donors (Lipinski definition) is 1. The van der Waals surface area contributed by atoms with Crippen LogP contribution in [-0.4, -0.2) is 45.7 Å². The molecule has 0 bridgehead atoms. The van der Waals surface area contributed by atoms with Crippen LogP contribution in [0.4, 0.5) is 5.69 Å². The fourth-order valence-corrected chi connectivity index (χ4v) is 3.48. The van der Waals surface area contributed by atoms with Gasteiger partial charge in [-0.3, -0.25) is 9.10 Å². The molecule has 132 valence electrons. The van der Waals surface area contributed by atoms with Crippen LogP contribution in [0, 0.1) is 0 Å². The Morgan fingerprint density at radius 2 is 2.08 bits per heavy atom. The van der Waals surface area contributed by atoms with Gasteiger partial charge in [-0.25, -0.2) is 13.2 Å². The maximum atomic E-state index is 12.2. The van der Waals surface area contributed by atoms with E-state index in [1.54, 1.807) is 12.1 Å². The molecular weight excluding hydrogens is 332 g/mol. The van der Waals surface area contributed by atoms with E-state index < -0.39 is 22.1 Å². The Balaban J connectivity index is 2.09. The average molecular weight is 354 g/mol. The molecule has 1 amide bonds. The van der Waals surface area contributed by atoms with Gasteiger partial charge < -0.3 is 10.1 Å². The number of amides is 1. The monoisotopic (exact) mass is 354 g/mol. The summed E-state index contributed by atoms with van der Waals surface area (Å²) in [5.74, 6) is -0.940. The molecule has 2 rings (SSSR count). The number of hydrogen-bond acceptors (Lipinski definition) is 5. The predicted molar refractivity (Wildman–Crippen MR) is 90.5 cm³/mol. The highest BCUT2D eigenvalue weighted by Gasteiger charge is 2.27. The second-order valence-electron chi connectivity index (χ2n) is 5.77. The quantitative estimate of drug-likeness (QED) is 0.772. The number of anilines is 1. The highest BCUT2D eigenvalue weighted by molar-refractivity contribution is 7.92. The lowest BCUT2D eigenvalue weighted by Crippen LogP contribution is -2.36. The predicted octanol–water partition coefficient (Wildman–Crippen LogP) is 1.08. The van der Waals surface area contributed by atoms with Gasteiger partial charge in [-0.15, -0.1) is 0 Å². The molecule has 0 saturated heterocycles. The molecule has 8 heteroatoms. The van der Waals surface area contributed by atoms with Crippen molar-refractivity contribution in [1.29, 1.82) is 0 Å². The van der Waals surface area contributed by atoms with Crippen molar-refractivity contribution in [2.75, 3.05) is 23.7 Å². The Hall–Kier alpha value is -2.09. The number of fused-ring (bicyclic) bond motifs is 1. The Morgan fingerprint density at radius 3 is 2.71 bits per heavy atom. The number of carbonyl (C=O) groups is 2. The van der Waals surface area contributed by atoms with Crippen LogP contribution in [0.3, 0.4) is 0 Å². The lowest BCUT2D eigenvalue weighted by molar-refractivity contribution is -0.129. The maximum Gasteiger partial charge on any atom is 0.338 e. The normalized spacial score (nSPS) is 14.9. The summed E-state index contributed by atoms with van der Waals surface area (Å²) >= 11 is 0. The summed E-state index contributed by atoms with van der Waals surface area (Å²) in [4.78, 5) is 23.9. The van der Waals surface area contributed by atoms with Crippen molar-refractivity contribution >= 4 is 27.6 Å². The minimum absolute atomic E-state index is 0.305. The third-order valence-corrected chi connectivity index (χ3v) is 4.95. The van der Waals surface area contributed by atoms with Crippen LogP contribution in [0.2, 0.25) is 0 Å². The molecule has 0 spiro atoms. The van der Waals surface area contributed by atoms with Gasteiger partial charge in [0.25, 0.3) is 5.91 Å². The Labute approximate surface area is 142 Å². The van der Waals surface area contributed by atoms with E-state index >= 15 is 0 Å². The molecule has 1 aromatic carbocycles. The molecule has 1 unspecified atom stereocenters. The molecule has 0 fully saturated rings. The summed E-state index contributed by atoms with van der Waals surface area (Å²) in [7, 11) is -3.32. The van der Waals surface area contributed by atoms with Crippen LogP contribution in [-0.2, 0) is 26.0 Å². The number of carbonyl (C=O) groups excluding carboxylic acids is 2. The van der Waals surface area contributed by atoms with Gasteiger partial charge in [0.1, 0.15) is 0 Å². The fourth-order valence-electron chi connectivity index (χ4n) is 2.52. The first-order valence-corrected chi connectivity index (χ1v) is 9.68. The zero-order valence-electron chi connectivity index (χ0n) is 14.0. The molecule has 1 heterocycles. The first-order valence-electron chi connectivity index (χ1n) is 7.83. The van der Waals surface area contributed by atoms with Crippen molar-refractivity contribution in [2.45, 2.75) is 32.8 Å². The van der Waals surface area contributed by atoms with E-state index in [1.165, 1.54) is 17.3 Å². The Morgan fingerprint density at radius 1 is 1.38 bits per heavy atom. The first kappa shape index (κ1) is 18.3. The number of esters is 1. The van der Waals surface area contributed by atoms with E-state index in [0.29, 0.717) is 30.8 Å². The molecule has 0 saturated carbocycles.